The Morgan fingerprint density at radius 3 is 2.40 bits per heavy atom. The number of carboxylic acids is 1. The number of piperidine rings is 1. The van der Waals surface area contributed by atoms with Crippen LogP contribution in [0.2, 0.25) is 0 Å². The van der Waals surface area contributed by atoms with Gasteiger partial charge in [0.05, 0.1) is 13.1 Å². The maximum absolute atomic E-state index is 11.8. The molecule has 0 aromatic heterocycles. The number of likely N-dealkylation sites (tertiary alicyclic amines) is 1. The fourth-order valence-corrected chi connectivity index (χ4v) is 1.93. The number of hydrogen-bond acceptors (Lipinski definition) is 4. The van der Waals surface area contributed by atoms with Crippen LogP contribution >= 0.6 is 0 Å². The Bertz CT molecular complexity index is 355. The molecule has 0 aliphatic carbocycles. The van der Waals surface area contributed by atoms with Crippen LogP contribution in [-0.4, -0.2) is 67.3 Å². The molecule has 1 aliphatic rings. The summed E-state index contributed by atoms with van der Waals surface area (Å²) in [6, 6.07) is -0.585. The molecule has 3 N–H and O–H groups in total. The lowest BCUT2D eigenvalue weighted by Crippen LogP contribution is -2.47. The first-order valence-electron chi connectivity index (χ1n) is 6.59. The van der Waals surface area contributed by atoms with E-state index < -0.39 is 18.1 Å². The van der Waals surface area contributed by atoms with Crippen molar-refractivity contribution in [3.8, 4) is 0 Å². The van der Waals surface area contributed by atoms with Crippen molar-refractivity contribution in [1.82, 2.24) is 15.5 Å². The first kappa shape index (κ1) is 16.2. The van der Waals surface area contributed by atoms with Crippen LogP contribution in [0.5, 0.6) is 0 Å². The van der Waals surface area contributed by atoms with Gasteiger partial charge in [-0.2, -0.15) is 0 Å². The molecule has 1 aliphatic heterocycles. The van der Waals surface area contributed by atoms with E-state index in [2.05, 4.69) is 15.4 Å². The van der Waals surface area contributed by atoms with Gasteiger partial charge < -0.3 is 25.4 Å². The number of aliphatic carboxylic acids is 1. The summed E-state index contributed by atoms with van der Waals surface area (Å²) < 4.78 is 4.67. The number of carbonyl (C=O) groups excluding carboxylic acids is 2. The zero-order valence-corrected chi connectivity index (χ0v) is 11.6. The summed E-state index contributed by atoms with van der Waals surface area (Å²) in [7, 11) is 1.25. The van der Waals surface area contributed by atoms with Crippen LogP contribution in [0, 0.1) is 0 Å². The minimum Gasteiger partial charge on any atom is -0.479 e. The summed E-state index contributed by atoms with van der Waals surface area (Å²) in [5.41, 5.74) is 0. The molecule has 0 spiro atoms. The number of carboxylic acid groups (broad SMARTS) is 1. The molecule has 0 saturated carbocycles. The highest BCUT2D eigenvalue weighted by Crippen LogP contribution is 2.08. The molecule has 1 atom stereocenters. The Balaban J connectivity index is 2.22. The van der Waals surface area contributed by atoms with Gasteiger partial charge in [0.15, 0.2) is 6.10 Å². The Morgan fingerprint density at radius 2 is 1.85 bits per heavy atom. The molecule has 0 bridgehead atoms. The van der Waals surface area contributed by atoms with Gasteiger partial charge >= 0.3 is 12.0 Å². The van der Waals surface area contributed by atoms with E-state index in [9.17, 15) is 14.4 Å². The van der Waals surface area contributed by atoms with E-state index in [4.69, 9.17) is 5.11 Å². The number of amides is 3. The minimum absolute atomic E-state index is 0.0868. The maximum Gasteiger partial charge on any atom is 0.334 e. The molecule has 20 heavy (non-hydrogen) atoms. The lowest BCUT2D eigenvalue weighted by molar-refractivity contribution is -0.148. The molecule has 0 aromatic carbocycles. The molecule has 0 aromatic rings. The molecule has 8 nitrogen and oxygen atoms in total. The molecule has 1 fully saturated rings. The average Bonchev–Trinajstić information content (AvgIpc) is 2.46. The van der Waals surface area contributed by atoms with Crippen molar-refractivity contribution in [2.24, 2.45) is 0 Å². The Labute approximate surface area is 117 Å². The maximum atomic E-state index is 11.8. The normalized spacial score (nSPS) is 16.4. The van der Waals surface area contributed by atoms with E-state index in [-0.39, 0.29) is 19.0 Å². The summed E-state index contributed by atoms with van der Waals surface area (Å²) >= 11 is 0. The molecule has 1 unspecified atom stereocenters. The van der Waals surface area contributed by atoms with Crippen LogP contribution in [0.15, 0.2) is 0 Å². The first-order chi connectivity index (χ1) is 9.54. The number of rotatable bonds is 6. The van der Waals surface area contributed by atoms with E-state index >= 15 is 0 Å². The third-order valence-electron chi connectivity index (χ3n) is 3.12. The largest absolute Gasteiger partial charge is 0.479 e. The second-order valence-electron chi connectivity index (χ2n) is 4.57. The Morgan fingerprint density at radius 1 is 1.20 bits per heavy atom. The number of ether oxygens (including phenoxy) is 1. The van der Waals surface area contributed by atoms with Gasteiger partial charge in [0.1, 0.15) is 0 Å². The predicted molar refractivity (Wildman–Crippen MR) is 70.3 cm³/mol. The van der Waals surface area contributed by atoms with Crippen LogP contribution in [0.1, 0.15) is 19.3 Å². The molecule has 1 rings (SSSR count). The standard InChI is InChI=1S/C12H21N3O5/c1-20-9(11(17)18)7-13-12(19)14-8-10(16)15-5-3-2-4-6-15/h9H,2-8H2,1H3,(H,17,18)(H2,13,14,19). The van der Waals surface area contributed by atoms with Crippen LogP contribution in [0.25, 0.3) is 0 Å². The van der Waals surface area contributed by atoms with E-state index in [1.807, 2.05) is 0 Å². The number of carbonyl (C=O) groups is 3. The van der Waals surface area contributed by atoms with Crippen molar-refractivity contribution >= 4 is 17.9 Å². The lowest BCUT2D eigenvalue weighted by Gasteiger charge is -2.26. The predicted octanol–water partition coefficient (Wildman–Crippen LogP) is -0.602. The number of methoxy groups -OCH3 is 1. The SMILES string of the molecule is COC(CNC(=O)NCC(=O)N1CCCCC1)C(=O)O. The van der Waals surface area contributed by atoms with Crippen LogP contribution in [-0.2, 0) is 14.3 Å². The van der Waals surface area contributed by atoms with Crippen molar-refractivity contribution in [1.29, 1.82) is 0 Å². The van der Waals surface area contributed by atoms with Gasteiger partial charge in [0.25, 0.3) is 0 Å². The van der Waals surface area contributed by atoms with Gasteiger partial charge in [-0.3, -0.25) is 4.79 Å². The summed E-state index contributed by atoms with van der Waals surface area (Å²) in [5, 5.41) is 13.5. The summed E-state index contributed by atoms with van der Waals surface area (Å²) in [5.74, 6) is -1.28. The third-order valence-corrected chi connectivity index (χ3v) is 3.12. The lowest BCUT2D eigenvalue weighted by atomic mass is 10.1. The molecule has 1 saturated heterocycles. The summed E-state index contributed by atoms with van der Waals surface area (Å²) in [6.07, 6.45) is 2.02. The van der Waals surface area contributed by atoms with Gasteiger partial charge in [-0.1, -0.05) is 0 Å². The molecule has 8 heteroatoms. The van der Waals surface area contributed by atoms with Crippen molar-refractivity contribution in [3.05, 3.63) is 0 Å². The fraction of sp³-hybridized carbons (Fsp3) is 0.750. The van der Waals surface area contributed by atoms with Crippen molar-refractivity contribution in [3.63, 3.8) is 0 Å². The van der Waals surface area contributed by atoms with E-state index in [1.165, 1.54) is 7.11 Å². The van der Waals surface area contributed by atoms with E-state index in [1.54, 1.807) is 4.90 Å². The first-order valence-corrected chi connectivity index (χ1v) is 6.59. The van der Waals surface area contributed by atoms with Gasteiger partial charge in [-0.05, 0) is 19.3 Å². The Kier molecular flexibility index (Phi) is 6.78. The van der Waals surface area contributed by atoms with Crippen LogP contribution in [0.3, 0.4) is 0 Å². The summed E-state index contributed by atoms with van der Waals surface area (Å²) in [4.78, 5) is 35.6. The zero-order chi connectivity index (χ0) is 15.0. The quantitative estimate of drug-likeness (QED) is 0.604. The van der Waals surface area contributed by atoms with Crippen molar-refractivity contribution < 1.29 is 24.2 Å². The van der Waals surface area contributed by atoms with Crippen LogP contribution in [0.4, 0.5) is 4.79 Å². The van der Waals surface area contributed by atoms with Gasteiger partial charge in [0.2, 0.25) is 5.91 Å². The van der Waals surface area contributed by atoms with Gasteiger partial charge in [-0.25, -0.2) is 9.59 Å². The number of urea groups is 1. The topological polar surface area (TPSA) is 108 Å². The second kappa shape index (κ2) is 8.36. The highest BCUT2D eigenvalue weighted by atomic mass is 16.5. The minimum atomic E-state index is -1.16. The molecular formula is C12H21N3O5. The van der Waals surface area contributed by atoms with Gasteiger partial charge in [-0.15, -0.1) is 0 Å². The van der Waals surface area contributed by atoms with Crippen molar-refractivity contribution in [2.75, 3.05) is 33.3 Å². The highest BCUT2D eigenvalue weighted by molar-refractivity contribution is 5.84. The zero-order valence-electron chi connectivity index (χ0n) is 11.6. The fourth-order valence-electron chi connectivity index (χ4n) is 1.93. The number of nitrogens with one attached hydrogen (secondary N) is 2. The molecular weight excluding hydrogens is 266 g/mol. The average molecular weight is 287 g/mol. The van der Waals surface area contributed by atoms with E-state index in [0.29, 0.717) is 0 Å². The molecule has 3 amide bonds. The second-order valence-corrected chi connectivity index (χ2v) is 4.57. The van der Waals surface area contributed by atoms with E-state index in [0.717, 1.165) is 32.4 Å². The monoisotopic (exact) mass is 287 g/mol. The summed E-state index contributed by atoms with van der Waals surface area (Å²) in [6.45, 7) is 1.21. The Hall–Kier alpha value is -1.83. The number of nitrogens with zero attached hydrogens (tertiary/aromatic N) is 1. The highest BCUT2D eigenvalue weighted by Gasteiger charge is 2.19. The number of hydrogen-bond donors (Lipinski definition) is 3. The molecule has 1 heterocycles. The third kappa shape index (κ3) is 5.43. The van der Waals surface area contributed by atoms with Gasteiger partial charge in [0, 0.05) is 20.2 Å². The molecule has 0 radical (unpaired) electrons. The molecule has 114 valence electrons. The smallest absolute Gasteiger partial charge is 0.334 e. The van der Waals surface area contributed by atoms with Crippen LogP contribution < -0.4 is 10.6 Å². The van der Waals surface area contributed by atoms with Crippen molar-refractivity contribution in [2.45, 2.75) is 25.4 Å².